The minimum Gasteiger partial charge on any atom is -0.744 e. The van der Waals surface area contributed by atoms with Crippen LogP contribution in [0.15, 0.2) is 58.6 Å². The van der Waals surface area contributed by atoms with E-state index in [0.29, 0.717) is 12.1 Å². The molecule has 0 amide bonds. The van der Waals surface area contributed by atoms with Crippen LogP contribution in [0.3, 0.4) is 0 Å². The molecule has 0 aliphatic heterocycles. The van der Waals surface area contributed by atoms with Crippen LogP contribution in [0.25, 0.3) is 11.0 Å². The molecule has 23 heavy (non-hydrogen) atoms. The average Bonchev–Trinajstić information content (AvgIpc) is 2.84. The third-order valence-electron chi connectivity index (χ3n) is 3.34. The predicted octanol–water partition coefficient (Wildman–Crippen LogP) is -0.285. The summed E-state index contributed by atoms with van der Waals surface area (Å²) in [7, 11) is -4.47. The van der Waals surface area contributed by atoms with Gasteiger partial charge < -0.3 is 9.12 Å². The summed E-state index contributed by atoms with van der Waals surface area (Å²) >= 11 is 1.48. The van der Waals surface area contributed by atoms with Crippen LogP contribution in [0.2, 0.25) is 0 Å². The third-order valence-corrected chi connectivity index (χ3v) is 4.85. The van der Waals surface area contributed by atoms with Gasteiger partial charge in [0.1, 0.15) is 10.1 Å². The number of imidazole rings is 1. The van der Waals surface area contributed by atoms with E-state index in [1.165, 1.54) is 23.9 Å². The van der Waals surface area contributed by atoms with Crippen LogP contribution in [0.5, 0.6) is 0 Å². The number of nitrogens with zero attached hydrogens (tertiary/aromatic N) is 2. The molecule has 0 aliphatic rings. The smallest absolute Gasteiger partial charge is 0.744 e. The Hall–Kier alpha value is -0.830. The van der Waals surface area contributed by atoms with Crippen molar-refractivity contribution in [3.8, 4) is 0 Å². The second-order valence-corrected chi connectivity index (χ2v) is 6.93. The van der Waals surface area contributed by atoms with E-state index in [4.69, 9.17) is 0 Å². The first kappa shape index (κ1) is 18.5. The Morgan fingerprint density at radius 2 is 1.87 bits per heavy atom. The zero-order valence-corrected chi connectivity index (χ0v) is 16.4. The second-order valence-electron chi connectivity index (χ2n) is 4.77. The number of thioether (sulfide) groups is 1. The monoisotopic (exact) mass is 356 g/mol. The van der Waals surface area contributed by atoms with Crippen molar-refractivity contribution in [2.75, 3.05) is 6.26 Å². The Labute approximate surface area is 161 Å². The van der Waals surface area contributed by atoms with Gasteiger partial charge in [-0.25, -0.2) is 13.4 Å². The summed E-state index contributed by atoms with van der Waals surface area (Å²) in [6, 6.07) is 14.2. The fourth-order valence-electron chi connectivity index (χ4n) is 2.32. The maximum Gasteiger partial charge on any atom is 1.00 e. The Kier molecular flexibility index (Phi) is 5.94. The van der Waals surface area contributed by atoms with Gasteiger partial charge in [0.05, 0.1) is 22.5 Å². The van der Waals surface area contributed by atoms with E-state index in [-0.39, 0.29) is 34.5 Å². The van der Waals surface area contributed by atoms with Crippen molar-refractivity contribution in [1.82, 2.24) is 9.55 Å². The van der Waals surface area contributed by atoms with Gasteiger partial charge in [0.15, 0.2) is 5.16 Å². The molecule has 0 radical (unpaired) electrons. The van der Waals surface area contributed by atoms with E-state index in [1.54, 1.807) is 6.07 Å². The summed E-state index contributed by atoms with van der Waals surface area (Å²) < 4.78 is 35.4. The molecule has 3 aromatic rings. The van der Waals surface area contributed by atoms with E-state index in [2.05, 4.69) is 4.98 Å². The molecule has 0 spiro atoms. The molecule has 0 fully saturated rings. The van der Waals surface area contributed by atoms with E-state index in [0.717, 1.165) is 16.2 Å². The molecule has 1 aromatic heterocycles. The quantitative estimate of drug-likeness (QED) is 0.365. The maximum absolute atomic E-state index is 11.1. The van der Waals surface area contributed by atoms with Gasteiger partial charge in [0, 0.05) is 0 Å². The molecule has 0 aliphatic carbocycles. The number of rotatable bonds is 4. The van der Waals surface area contributed by atoms with Crippen molar-refractivity contribution < 1.29 is 42.5 Å². The first-order chi connectivity index (χ1) is 10.5. The zero-order chi connectivity index (χ0) is 15.7. The fraction of sp³-hybridized carbons (Fsp3) is 0.133. The van der Waals surface area contributed by atoms with Crippen LogP contribution < -0.4 is 29.6 Å². The fourth-order valence-corrected chi connectivity index (χ4v) is 3.38. The first-order valence-electron chi connectivity index (χ1n) is 6.53. The summed E-state index contributed by atoms with van der Waals surface area (Å²) in [5.41, 5.74) is 2.44. The van der Waals surface area contributed by atoms with Gasteiger partial charge >= 0.3 is 29.6 Å². The van der Waals surface area contributed by atoms with Crippen LogP contribution in [0, 0.1) is 0 Å². The molecule has 0 saturated heterocycles. The van der Waals surface area contributed by atoms with Crippen molar-refractivity contribution in [2.45, 2.75) is 16.6 Å². The molecule has 5 nitrogen and oxygen atoms in total. The minimum atomic E-state index is -4.47. The van der Waals surface area contributed by atoms with Gasteiger partial charge in [-0.15, -0.1) is 0 Å². The minimum absolute atomic E-state index is 0. The average molecular weight is 356 g/mol. The molecule has 2 aromatic carbocycles. The van der Waals surface area contributed by atoms with E-state index >= 15 is 0 Å². The Bertz CT molecular complexity index is 925. The normalized spacial score (nSPS) is 11.4. The van der Waals surface area contributed by atoms with Crippen molar-refractivity contribution in [2.24, 2.45) is 0 Å². The Morgan fingerprint density at radius 1 is 1.17 bits per heavy atom. The van der Waals surface area contributed by atoms with Gasteiger partial charge in [-0.2, -0.15) is 0 Å². The van der Waals surface area contributed by atoms with Crippen molar-refractivity contribution in [3.05, 3.63) is 54.1 Å². The second kappa shape index (κ2) is 7.38. The first-order valence-corrected chi connectivity index (χ1v) is 9.16. The van der Waals surface area contributed by atoms with Crippen LogP contribution >= 0.6 is 11.8 Å². The van der Waals surface area contributed by atoms with Gasteiger partial charge in [0.25, 0.3) is 0 Å². The molecule has 0 unspecified atom stereocenters. The summed E-state index contributed by atoms with van der Waals surface area (Å²) in [5.74, 6) is 0. The summed E-state index contributed by atoms with van der Waals surface area (Å²) in [6.07, 6.45) is 1.91. The molecule has 1 heterocycles. The van der Waals surface area contributed by atoms with Crippen LogP contribution in [-0.2, 0) is 16.7 Å². The SMILES string of the molecule is CSc1nc2cc(S(=O)(=O)[O-])ccc2n1Cc1ccccc1.[Na+]. The molecule has 0 bridgehead atoms. The number of fused-ring (bicyclic) bond motifs is 1. The number of aromatic nitrogens is 2. The number of hydrogen-bond acceptors (Lipinski definition) is 5. The van der Waals surface area contributed by atoms with Crippen LogP contribution in [-0.4, -0.2) is 28.8 Å². The van der Waals surface area contributed by atoms with Crippen LogP contribution in [0.4, 0.5) is 0 Å². The standard InChI is InChI=1S/C15H14N2O3S2.Na/c1-21-15-16-13-9-12(22(18,19)20)7-8-14(13)17(15)10-11-5-3-2-4-6-11;/h2-9H,10H2,1H3,(H,18,19,20);/q;+1/p-1. The van der Waals surface area contributed by atoms with Gasteiger partial charge in [-0.1, -0.05) is 42.1 Å². The molecule has 3 rings (SSSR count). The summed E-state index contributed by atoms with van der Waals surface area (Å²) in [5, 5.41) is 0.777. The van der Waals surface area contributed by atoms with E-state index < -0.39 is 10.1 Å². The van der Waals surface area contributed by atoms with Crippen molar-refractivity contribution in [1.29, 1.82) is 0 Å². The third kappa shape index (κ3) is 3.99. The van der Waals surface area contributed by atoms with E-state index in [9.17, 15) is 13.0 Å². The van der Waals surface area contributed by atoms with Gasteiger partial charge in [0.2, 0.25) is 0 Å². The Balaban J connectivity index is 0.00000192. The molecule has 0 saturated carbocycles. The zero-order valence-electron chi connectivity index (χ0n) is 12.8. The van der Waals surface area contributed by atoms with Crippen molar-refractivity contribution >= 4 is 32.9 Å². The molecule has 0 N–H and O–H groups in total. The number of hydrogen-bond donors (Lipinski definition) is 0. The van der Waals surface area contributed by atoms with Gasteiger partial charge in [-0.3, -0.25) is 0 Å². The number of benzene rings is 2. The van der Waals surface area contributed by atoms with Gasteiger partial charge in [-0.05, 0) is 30.0 Å². The van der Waals surface area contributed by atoms with Crippen molar-refractivity contribution in [3.63, 3.8) is 0 Å². The molecule has 8 heteroatoms. The predicted molar refractivity (Wildman–Crippen MR) is 85.0 cm³/mol. The summed E-state index contributed by atoms with van der Waals surface area (Å²) in [4.78, 5) is 4.17. The largest absolute Gasteiger partial charge is 1.00 e. The molecular formula is C15H13N2NaO3S2. The maximum atomic E-state index is 11.1. The Morgan fingerprint density at radius 3 is 2.48 bits per heavy atom. The topological polar surface area (TPSA) is 75.0 Å². The van der Waals surface area contributed by atoms with E-state index in [1.807, 2.05) is 41.2 Å². The summed E-state index contributed by atoms with van der Waals surface area (Å²) in [6.45, 7) is 0.636. The molecular weight excluding hydrogens is 343 g/mol. The molecule has 114 valence electrons. The molecule has 0 atom stereocenters. The van der Waals surface area contributed by atoms with Crippen LogP contribution in [0.1, 0.15) is 5.56 Å².